The highest BCUT2D eigenvalue weighted by molar-refractivity contribution is 5.74. The Morgan fingerprint density at radius 3 is 2.78 bits per heavy atom. The Bertz CT molecular complexity index is 629. The Kier molecular flexibility index (Phi) is 2.86. The largest absolute Gasteiger partial charge is 0.302 e. The summed E-state index contributed by atoms with van der Waals surface area (Å²) in [6.07, 6.45) is 6.83. The lowest BCUT2D eigenvalue weighted by Gasteiger charge is -2.25. The smallest absolute Gasteiger partial charge is 0.269 e. The van der Waals surface area contributed by atoms with Gasteiger partial charge >= 0.3 is 0 Å². The third-order valence-corrected chi connectivity index (χ3v) is 3.69. The van der Waals surface area contributed by atoms with Crippen molar-refractivity contribution in [3.63, 3.8) is 0 Å². The number of halogens is 1. The highest BCUT2D eigenvalue weighted by Gasteiger charge is 2.18. The number of aromatic nitrogens is 2. The maximum atomic E-state index is 13.4. The maximum absolute atomic E-state index is 13.4. The summed E-state index contributed by atoms with van der Waals surface area (Å²) in [5.41, 5.74) is 1.18. The third kappa shape index (κ3) is 1.92. The van der Waals surface area contributed by atoms with Crippen LogP contribution < -0.4 is 5.56 Å². The molecule has 0 aliphatic heterocycles. The molecule has 0 radical (unpaired) electrons. The van der Waals surface area contributed by atoms with Crippen molar-refractivity contribution >= 4 is 11.0 Å². The first kappa shape index (κ1) is 11.4. The summed E-state index contributed by atoms with van der Waals surface area (Å²) in [6, 6.07) is 4.62. The Labute approximate surface area is 104 Å². The first-order chi connectivity index (χ1) is 8.75. The van der Waals surface area contributed by atoms with E-state index >= 15 is 0 Å². The van der Waals surface area contributed by atoms with E-state index in [1.807, 2.05) is 0 Å². The molecule has 1 aromatic heterocycles. The fourth-order valence-corrected chi connectivity index (χ4v) is 2.82. The van der Waals surface area contributed by atoms with Crippen molar-refractivity contribution in [2.24, 2.45) is 0 Å². The molecule has 3 nitrogen and oxygen atoms in total. The van der Waals surface area contributed by atoms with Gasteiger partial charge in [0.05, 0.1) is 17.2 Å². The molecule has 0 atom stereocenters. The predicted octanol–water partition coefficient (Wildman–Crippen LogP) is 3.04. The van der Waals surface area contributed by atoms with Gasteiger partial charge in [-0.25, -0.2) is 9.37 Å². The highest BCUT2D eigenvalue weighted by Crippen LogP contribution is 2.29. The molecule has 0 unspecified atom stereocenters. The van der Waals surface area contributed by atoms with E-state index in [0.717, 1.165) is 25.7 Å². The summed E-state index contributed by atoms with van der Waals surface area (Å²) in [4.78, 5) is 16.1. The van der Waals surface area contributed by atoms with E-state index in [9.17, 15) is 9.18 Å². The van der Waals surface area contributed by atoms with Crippen LogP contribution in [0, 0.1) is 5.82 Å². The quantitative estimate of drug-likeness (QED) is 0.775. The van der Waals surface area contributed by atoms with E-state index in [1.54, 1.807) is 10.6 Å². The number of fused-ring (bicyclic) bond motifs is 1. The van der Waals surface area contributed by atoms with Crippen molar-refractivity contribution in [3.05, 3.63) is 40.6 Å². The minimum atomic E-state index is -0.320. The number of rotatable bonds is 1. The molecule has 0 amide bonds. The molecule has 4 heteroatoms. The molecule has 1 heterocycles. The van der Waals surface area contributed by atoms with Gasteiger partial charge in [-0.2, -0.15) is 0 Å². The van der Waals surface area contributed by atoms with E-state index in [4.69, 9.17) is 0 Å². The summed E-state index contributed by atoms with van der Waals surface area (Å²) in [5.74, 6) is -0.320. The fraction of sp³-hybridized carbons (Fsp3) is 0.429. The van der Waals surface area contributed by atoms with Gasteiger partial charge in [-0.05, 0) is 31.0 Å². The Morgan fingerprint density at radius 2 is 2.00 bits per heavy atom. The number of hydrogen-bond acceptors (Lipinski definition) is 2. The van der Waals surface area contributed by atoms with Gasteiger partial charge in [-0.1, -0.05) is 19.3 Å². The summed E-state index contributed by atoms with van der Waals surface area (Å²) < 4.78 is 15.1. The van der Waals surface area contributed by atoms with Crippen molar-refractivity contribution in [1.29, 1.82) is 0 Å². The summed E-state index contributed by atoms with van der Waals surface area (Å²) in [6.45, 7) is 0. The van der Waals surface area contributed by atoms with Crippen LogP contribution in [0.15, 0.2) is 29.2 Å². The molecule has 1 aliphatic carbocycles. The summed E-state index contributed by atoms with van der Waals surface area (Å²) in [5, 5.41) is 0. The van der Waals surface area contributed by atoms with E-state index in [0.29, 0.717) is 11.0 Å². The standard InChI is InChI=1S/C14H15FN2O/c15-10-6-7-12-13(8-10)17(14(18)9-16-12)11-4-2-1-3-5-11/h6-9,11H,1-5H2. The lowest BCUT2D eigenvalue weighted by Crippen LogP contribution is -2.26. The van der Waals surface area contributed by atoms with Crippen molar-refractivity contribution < 1.29 is 4.39 Å². The average molecular weight is 246 g/mol. The Balaban J connectivity index is 2.21. The molecule has 18 heavy (non-hydrogen) atoms. The molecule has 0 spiro atoms. The molecule has 1 fully saturated rings. The van der Waals surface area contributed by atoms with E-state index < -0.39 is 0 Å². The van der Waals surface area contributed by atoms with Gasteiger partial charge < -0.3 is 4.57 Å². The first-order valence-corrected chi connectivity index (χ1v) is 6.42. The second-order valence-corrected chi connectivity index (χ2v) is 4.89. The molecular formula is C14H15FN2O. The fourth-order valence-electron chi connectivity index (χ4n) is 2.82. The van der Waals surface area contributed by atoms with E-state index in [-0.39, 0.29) is 17.4 Å². The van der Waals surface area contributed by atoms with Gasteiger partial charge in [0, 0.05) is 6.04 Å². The van der Waals surface area contributed by atoms with Crippen LogP contribution in [-0.4, -0.2) is 9.55 Å². The van der Waals surface area contributed by atoms with Gasteiger partial charge in [0.25, 0.3) is 5.56 Å². The van der Waals surface area contributed by atoms with Crippen LogP contribution >= 0.6 is 0 Å². The first-order valence-electron chi connectivity index (χ1n) is 6.42. The highest BCUT2D eigenvalue weighted by atomic mass is 19.1. The minimum absolute atomic E-state index is 0.125. The van der Waals surface area contributed by atoms with Crippen molar-refractivity contribution in [3.8, 4) is 0 Å². The second kappa shape index (κ2) is 4.52. The van der Waals surface area contributed by atoms with Crippen LogP contribution in [0.5, 0.6) is 0 Å². The maximum Gasteiger partial charge on any atom is 0.269 e. The molecule has 2 aromatic rings. The lowest BCUT2D eigenvalue weighted by atomic mass is 9.95. The molecule has 1 aliphatic rings. The number of nitrogens with zero attached hydrogens (tertiary/aromatic N) is 2. The van der Waals surface area contributed by atoms with Gasteiger partial charge in [-0.15, -0.1) is 0 Å². The van der Waals surface area contributed by atoms with Crippen molar-refractivity contribution in [2.75, 3.05) is 0 Å². The van der Waals surface area contributed by atoms with Crippen LogP contribution in [0.25, 0.3) is 11.0 Å². The molecule has 0 bridgehead atoms. The monoisotopic (exact) mass is 246 g/mol. The van der Waals surface area contributed by atoms with Crippen LogP contribution in [0.1, 0.15) is 38.1 Å². The molecule has 0 saturated heterocycles. The van der Waals surface area contributed by atoms with Crippen LogP contribution in [0.4, 0.5) is 4.39 Å². The zero-order valence-corrected chi connectivity index (χ0v) is 10.1. The van der Waals surface area contributed by atoms with Gasteiger partial charge in [0.1, 0.15) is 5.82 Å². The SMILES string of the molecule is O=c1cnc2ccc(F)cc2n1C1CCCCC1. The van der Waals surface area contributed by atoms with Crippen LogP contribution in [-0.2, 0) is 0 Å². The van der Waals surface area contributed by atoms with Crippen LogP contribution in [0.2, 0.25) is 0 Å². The molecule has 1 aromatic carbocycles. The van der Waals surface area contributed by atoms with Gasteiger partial charge in [0.2, 0.25) is 0 Å². The zero-order valence-electron chi connectivity index (χ0n) is 10.1. The van der Waals surface area contributed by atoms with E-state index in [2.05, 4.69) is 4.98 Å². The molecular weight excluding hydrogens is 231 g/mol. The normalized spacial score (nSPS) is 17.2. The van der Waals surface area contributed by atoms with Crippen LogP contribution in [0.3, 0.4) is 0 Å². The number of benzene rings is 1. The predicted molar refractivity (Wildman–Crippen MR) is 68.1 cm³/mol. The molecule has 3 rings (SSSR count). The van der Waals surface area contributed by atoms with Gasteiger partial charge in [-0.3, -0.25) is 4.79 Å². The number of hydrogen-bond donors (Lipinski definition) is 0. The summed E-state index contributed by atoms with van der Waals surface area (Å²) >= 11 is 0. The average Bonchev–Trinajstić information content (AvgIpc) is 2.39. The van der Waals surface area contributed by atoms with Crippen molar-refractivity contribution in [2.45, 2.75) is 38.1 Å². The zero-order chi connectivity index (χ0) is 12.5. The molecule has 0 N–H and O–H groups in total. The topological polar surface area (TPSA) is 34.9 Å². The second-order valence-electron chi connectivity index (χ2n) is 4.89. The molecule has 94 valence electrons. The Hall–Kier alpha value is -1.71. The van der Waals surface area contributed by atoms with E-state index in [1.165, 1.54) is 24.8 Å². The third-order valence-electron chi connectivity index (χ3n) is 3.69. The Morgan fingerprint density at radius 1 is 1.22 bits per heavy atom. The lowest BCUT2D eigenvalue weighted by molar-refractivity contribution is 0.353. The molecule has 1 saturated carbocycles. The van der Waals surface area contributed by atoms with Gasteiger partial charge in [0.15, 0.2) is 0 Å². The van der Waals surface area contributed by atoms with Crippen molar-refractivity contribution in [1.82, 2.24) is 9.55 Å². The summed E-state index contributed by atoms with van der Waals surface area (Å²) in [7, 11) is 0. The minimum Gasteiger partial charge on any atom is -0.302 e.